The minimum Gasteiger partial charge on any atom is -0.468 e. The first-order chi connectivity index (χ1) is 26.6. The highest BCUT2D eigenvalue weighted by Crippen LogP contribution is 2.42. The van der Waals surface area contributed by atoms with Crippen LogP contribution in [0.3, 0.4) is 0 Å². The van der Waals surface area contributed by atoms with E-state index in [-0.39, 0.29) is 50.0 Å². The third-order valence-corrected chi connectivity index (χ3v) is 10.6. The summed E-state index contributed by atoms with van der Waals surface area (Å²) in [6, 6.07) is 12.9. The number of aryl methyl sites for hydroxylation is 1. The Balaban J connectivity index is 1.14. The number of ether oxygens (including phenoxy) is 1. The zero-order valence-corrected chi connectivity index (χ0v) is 32.1. The van der Waals surface area contributed by atoms with E-state index in [0.717, 1.165) is 18.5 Å². The van der Waals surface area contributed by atoms with Gasteiger partial charge in [-0.25, -0.2) is 9.97 Å². The van der Waals surface area contributed by atoms with E-state index in [2.05, 4.69) is 36.0 Å². The van der Waals surface area contributed by atoms with Gasteiger partial charge < -0.3 is 20.5 Å². The Kier molecular flexibility index (Phi) is 11.0. The van der Waals surface area contributed by atoms with Crippen LogP contribution < -0.4 is 16.0 Å². The number of amides is 1. The smallest absolute Gasteiger partial charge is 0.451 e. The number of aliphatic hydroxyl groups is 1. The third-order valence-electron chi connectivity index (χ3n) is 9.78. The lowest BCUT2D eigenvalue weighted by molar-refractivity contribution is -0.147. The third kappa shape index (κ3) is 8.16. The van der Waals surface area contributed by atoms with Crippen LogP contribution in [0.15, 0.2) is 54.7 Å². The van der Waals surface area contributed by atoms with Crippen LogP contribution in [0, 0.1) is 0 Å². The van der Waals surface area contributed by atoms with Gasteiger partial charge in [0.05, 0.1) is 51.9 Å². The summed E-state index contributed by atoms with van der Waals surface area (Å²) < 4.78 is 48.8. The Hall–Kier alpha value is -4.87. The molecule has 56 heavy (non-hydrogen) atoms. The molecule has 4 N–H and O–H groups in total. The highest BCUT2D eigenvalue weighted by molar-refractivity contribution is 6.39. The van der Waals surface area contributed by atoms with Gasteiger partial charge >= 0.3 is 12.1 Å². The summed E-state index contributed by atoms with van der Waals surface area (Å²) in [6.45, 7) is 5.56. The van der Waals surface area contributed by atoms with Gasteiger partial charge in [0, 0.05) is 43.5 Å². The van der Waals surface area contributed by atoms with Crippen molar-refractivity contribution < 1.29 is 32.6 Å². The van der Waals surface area contributed by atoms with Crippen molar-refractivity contribution in [1.29, 1.82) is 0 Å². The second-order valence-electron chi connectivity index (χ2n) is 14.3. The topological polar surface area (TPSA) is 159 Å². The van der Waals surface area contributed by atoms with Crippen molar-refractivity contribution in [2.24, 2.45) is 0 Å². The van der Waals surface area contributed by atoms with E-state index in [1.807, 2.05) is 4.90 Å². The Morgan fingerprint density at radius 3 is 2.39 bits per heavy atom. The number of anilines is 3. The van der Waals surface area contributed by atoms with Crippen LogP contribution in [0.25, 0.3) is 22.2 Å². The van der Waals surface area contributed by atoms with E-state index in [1.165, 1.54) is 13.2 Å². The maximum atomic E-state index is 14.0. The van der Waals surface area contributed by atoms with Crippen LogP contribution in [0.4, 0.5) is 30.4 Å². The minimum absolute atomic E-state index is 0.0128. The standard InChI is InChI=1S/C38H38Cl2F3N9O4/c1-37(2,36(55)56-3)49-24-11-6-13-52-29(24)16-28(50-52)34(54)46-26-10-5-8-23(31(26)40)22-7-4-9-25(30(22)39)45-33-32-27(47-35(48-33)38(41,42)43)15-20(17-44-32)18-51-14-12-21(53)19-51/h4-5,7-10,15-17,21,24,49,53H,6,11-14,18-19H2,1-3H3,(H,46,54)(H,45,47,48)/t21-,24+/m1/s1. The van der Waals surface area contributed by atoms with Crippen molar-refractivity contribution in [3.05, 3.63) is 87.5 Å². The number of benzene rings is 2. The van der Waals surface area contributed by atoms with Crippen LogP contribution in [0.1, 0.15) is 66.7 Å². The first-order valence-electron chi connectivity index (χ1n) is 17.8. The molecule has 294 valence electrons. The van der Waals surface area contributed by atoms with E-state index in [4.69, 9.17) is 27.9 Å². The summed E-state index contributed by atoms with van der Waals surface area (Å²) in [4.78, 5) is 39.9. The lowest BCUT2D eigenvalue weighted by atomic mass is 9.98. The number of β-amino-alcohol motifs (C(OH)–C–C–N with tert-alkyl or cyclic N) is 1. The van der Waals surface area contributed by atoms with Gasteiger partial charge in [0.2, 0.25) is 5.82 Å². The van der Waals surface area contributed by atoms with Crippen LogP contribution in [0.5, 0.6) is 0 Å². The molecule has 7 rings (SSSR count). The van der Waals surface area contributed by atoms with E-state index in [1.54, 1.807) is 67.2 Å². The molecule has 1 fully saturated rings. The number of aromatic nitrogens is 5. The van der Waals surface area contributed by atoms with Crippen molar-refractivity contribution in [3.63, 3.8) is 0 Å². The normalized spacial score (nSPS) is 17.5. The molecule has 0 radical (unpaired) electrons. The molecule has 0 aliphatic carbocycles. The molecule has 18 heteroatoms. The maximum Gasteiger partial charge on any atom is 0.451 e. The second-order valence-corrected chi connectivity index (χ2v) is 15.1. The molecule has 5 aromatic rings. The number of pyridine rings is 1. The van der Waals surface area contributed by atoms with Crippen molar-refractivity contribution in [3.8, 4) is 11.1 Å². The molecule has 13 nitrogen and oxygen atoms in total. The van der Waals surface area contributed by atoms with Gasteiger partial charge in [-0.2, -0.15) is 18.3 Å². The molecule has 2 aliphatic heterocycles. The molecule has 3 aromatic heterocycles. The van der Waals surface area contributed by atoms with Crippen molar-refractivity contribution in [1.82, 2.24) is 34.9 Å². The van der Waals surface area contributed by atoms with Gasteiger partial charge in [-0.05, 0) is 62.9 Å². The zero-order chi connectivity index (χ0) is 39.9. The summed E-state index contributed by atoms with van der Waals surface area (Å²) >= 11 is 13.8. The number of halogens is 5. The molecule has 0 saturated carbocycles. The predicted octanol–water partition coefficient (Wildman–Crippen LogP) is 7.15. The van der Waals surface area contributed by atoms with E-state index in [9.17, 15) is 27.9 Å². The number of carbonyl (C=O) groups is 2. The highest BCUT2D eigenvalue weighted by Gasteiger charge is 2.37. The molecule has 0 unspecified atom stereocenters. The molecule has 0 spiro atoms. The van der Waals surface area contributed by atoms with Crippen molar-refractivity contribution >= 4 is 63.3 Å². The number of rotatable bonds is 10. The van der Waals surface area contributed by atoms with Gasteiger partial charge in [-0.3, -0.25) is 29.5 Å². The van der Waals surface area contributed by atoms with E-state index in [0.29, 0.717) is 49.3 Å². The summed E-state index contributed by atoms with van der Waals surface area (Å²) in [7, 11) is 1.33. The van der Waals surface area contributed by atoms with Gasteiger partial charge in [-0.15, -0.1) is 0 Å². The highest BCUT2D eigenvalue weighted by atomic mass is 35.5. The minimum atomic E-state index is -4.85. The van der Waals surface area contributed by atoms with Crippen LogP contribution in [0.2, 0.25) is 10.0 Å². The number of nitrogens with zero attached hydrogens (tertiary/aromatic N) is 6. The SMILES string of the molecule is COC(=O)C(C)(C)N[C@H]1CCCn2nc(C(=O)Nc3cccc(-c4cccc(Nc5nc(C(F)(F)F)nc6cc(CN7CC[C@@H](O)C7)cnc56)c4Cl)c3Cl)cc21. The number of hydrogen-bond acceptors (Lipinski definition) is 11. The fourth-order valence-corrected chi connectivity index (χ4v) is 7.60. The molecule has 1 amide bonds. The molecule has 5 heterocycles. The van der Waals surface area contributed by atoms with E-state index < -0.39 is 35.5 Å². The van der Waals surface area contributed by atoms with Gasteiger partial charge in [0.25, 0.3) is 5.91 Å². The average molecular weight is 813 g/mol. The molecule has 2 aliphatic rings. The number of esters is 1. The van der Waals surface area contributed by atoms with Gasteiger partial charge in [-0.1, -0.05) is 47.5 Å². The van der Waals surface area contributed by atoms with Crippen LogP contribution in [-0.2, 0) is 28.8 Å². The average Bonchev–Trinajstić information content (AvgIpc) is 3.79. The molecular weight excluding hydrogens is 774 g/mol. The number of fused-ring (bicyclic) bond motifs is 2. The van der Waals surface area contributed by atoms with E-state index >= 15 is 0 Å². The van der Waals surface area contributed by atoms with Crippen LogP contribution in [-0.4, -0.2) is 78.5 Å². The second kappa shape index (κ2) is 15.6. The largest absolute Gasteiger partial charge is 0.468 e. The number of alkyl halides is 3. The predicted molar refractivity (Wildman–Crippen MR) is 205 cm³/mol. The summed E-state index contributed by atoms with van der Waals surface area (Å²) in [5, 5.41) is 23.8. The number of nitrogens with one attached hydrogen (secondary N) is 3. The van der Waals surface area contributed by atoms with Crippen LogP contribution >= 0.6 is 23.2 Å². The number of carbonyl (C=O) groups excluding carboxylic acids is 2. The molecule has 2 atom stereocenters. The number of aliphatic hydroxyl groups excluding tert-OH is 1. The van der Waals surface area contributed by atoms with Gasteiger partial charge in [0.15, 0.2) is 11.5 Å². The Morgan fingerprint density at radius 2 is 1.71 bits per heavy atom. The molecular formula is C38H38Cl2F3N9O4. The maximum absolute atomic E-state index is 14.0. The zero-order valence-electron chi connectivity index (χ0n) is 30.5. The molecule has 0 bridgehead atoms. The fourth-order valence-electron chi connectivity index (χ4n) is 7.05. The fraction of sp³-hybridized carbons (Fsp3) is 0.368. The van der Waals surface area contributed by atoms with Crippen molar-refractivity contribution in [2.75, 3.05) is 30.8 Å². The van der Waals surface area contributed by atoms with Crippen molar-refractivity contribution in [2.45, 2.75) is 70.1 Å². The lowest BCUT2D eigenvalue weighted by Gasteiger charge is -2.32. The number of likely N-dealkylation sites (tertiary alicyclic amines) is 1. The van der Waals surface area contributed by atoms with Gasteiger partial charge in [0.1, 0.15) is 11.1 Å². The first-order valence-corrected chi connectivity index (χ1v) is 18.6. The summed E-state index contributed by atoms with van der Waals surface area (Å²) in [5.74, 6) is -2.48. The Morgan fingerprint density at radius 1 is 1.00 bits per heavy atom. The first kappa shape index (κ1) is 39.4. The Bertz CT molecular complexity index is 2320. The monoisotopic (exact) mass is 811 g/mol. The number of methoxy groups -OCH3 is 1. The quantitative estimate of drug-likeness (QED) is 0.106. The number of hydrogen-bond donors (Lipinski definition) is 4. The summed E-state index contributed by atoms with van der Waals surface area (Å²) in [5.41, 5.74) is 2.03. The summed E-state index contributed by atoms with van der Waals surface area (Å²) in [6.07, 6.45) is -1.62. The lowest BCUT2D eigenvalue weighted by Crippen LogP contribution is -2.50. The molecule has 1 saturated heterocycles. The Labute approximate surface area is 329 Å². The molecule has 2 aromatic carbocycles.